The first-order valence-electron chi connectivity index (χ1n) is 6.30. The van der Waals surface area contributed by atoms with E-state index in [4.69, 9.17) is 9.68 Å². The second-order valence-electron chi connectivity index (χ2n) is 4.37. The molecule has 1 aromatic carbocycles. The third-order valence-electron chi connectivity index (χ3n) is 2.99. The monoisotopic (exact) mass is 312 g/mol. The minimum Gasteiger partial charge on any atom is -0.464 e. The standard InChI is InChI=1S/C16H12N2OS2/c1-18(21-13-6-8-20-11-13)15-5-4-12(10-17)9-14(15)16-3-2-7-19-16/h2-9,11H,1H3. The van der Waals surface area contributed by atoms with Crippen molar-refractivity contribution in [3.05, 3.63) is 59.0 Å². The Kier molecular flexibility index (Phi) is 4.00. The predicted molar refractivity (Wildman–Crippen MR) is 87.4 cm³/mol. The fourth-order valence-corrected chi connectivity index (χ4v) is 3.66. The van der Waals surface area contributed by atoms with Crippen molar-refractivity contribution >= 4 is 29.0 Å². The first-order chi connectivity index (χ1) is 10.3. The number of nitrogens with zero attached hydrogens (tertiary/aromatic N) is 2. The Hall–Kier alpha value is -2.16. The first-order valence-corrected chi connectivity index (χ1v) is 8.01. The van der Waals surface area contributed by atoms with E-state index >= 15 is 0 Å². The second-order valence-corrected chi connectivity index (χ2v) is 6.35. The van der Waals surface area contributed by atoms with E-state index in [-0.39, 0.29) is 0 Å². The summed E-state index contributed by atoms with van der Waals surface area (Å²) >= 11 is 3.32. The summed E-state index contributed by atoms with van der Waals surface area (Å²) in [5, 5.41) is 13.3. The predicted octanol–water partition coefficient (Wildman–Crippen LogP) is 5.02. The molecule has 0 saturated heterocycles. The van der Waals surface area contributed by atoms with Crippen LogP contribution in [0.4, 0.5) is 5.69 Å². The van der Waals surface area contributed by atoms with Crippen LogP contribution in [0.1, 0.15) is 5.56 Å². The van der Waals surface area contributed by atoms with Gasteiger partial charge in [-0.2, -0.15) is 16.6 Å². The lowest BCUT2D eigenvalue weighted by Gasteiger charge is -2.20. The van der Waals surface area contributed by atoms with Gasteiger partial charge in [-0.15, -0.1) is 0 Å². The number of hydrogen-bond donors (Lipinski definition) is 0. The zero-order chi connectivity index (χ0) is 14.7. The zero-order valence-corrected chi connectivity index (χ0v) is 12.9. The maximum atomic E-state index is 9.10. The topological polar surface area (TPSA) is 40.2 Å². The summed E-state index contributed by atoms with van der Waals surface area (Å²) in [6.45, 7) is 0. The van der Waals surface area contributed by atoms with Crippen molar-refractivity contribution in [1.29, 1.82) is 5.26 Å². The van der Waals surface area contributed by atoms with E-state index in [1.807, 2.05) is 37.4 Å². The van der Waals surface area contributed by atoms with Crippen molar-refractivity contribution < 1.29 is 4.42 Å². The van der Waals surface area contributed by atoms with Gasteiger partial charge in [0.1, 0.15) is 5.76 Å². The molecule has 0 bridgehead atoms. The third kappa shape index (κ3) is 2.97. The van der Waals surface area contributed by atoms with Gasteiger partial charge in [0.25, 0.3) is 0 Å². The molecule has 5 heteroatoms. The van der Waals surface area contributed by atoms with Gasteiger partial charge < -0.3 is 8.72 Å². The highest BCUT2D eigenvalue weighted by atomic mass is 32.2. The SMILES string of the molecule is CN(Sc1ccsc1)c1ccc(C#N)cc1-c1ccco1. The normalized spacial score (nSPS) is 10.3. The Labute approximate surface area is 131 Å². The summed E-state index contributed by atoms with van der Waals surface area (Å²) in [4.78, 5) is 1.19. The minimum absolute atomic E-state index is 0.624. The lowest BCUT2D eigenvalue weighted by Crippen LogP contribution is -2.07. The second kappa shape index (κ2) is 6.08. The molecule has 2 heterocycles. The van der Waals surface area contributed by atoms with E-state index in [1.54, 1.807) is 29.5 Å². The summed E-state index contributed by atoms with van der Waals surface area (Å²) in [5.41, 5.74) is 2.56. The van der Waals surface area contributed by atoms with Gasteiger partial charge >= 0.3 is 0 Å². The average molecular weight is 312 g/mol. The molecule has 3 nitrogen and oxygen atoms in total. The van der Waals surface area contributed by atoms with Gasteiger partial charge in [0, 0.05) is 22.9 Å². The number of hydrogen-bond acceptors (Lipinski definition) is 5. The molecule has 0 N–H and O–H groups in total. The Balaban J connectivity index is 1.99. The lowest BCUT2D eigenvalue weighted by atomic mass is 10.1. The van der Waals surface area contributed by atoms with Gasteiger partial charge in [-0.1, -0.05) is 0 Å². The summed E-state index contributed by atoms with van der Waals surface area (Å²) < 4.78 is 7.59. The zero-order valence-electron chi connectivity index (χ0n) is 11.3. The van der Waals surface area contributed by atoms with Gasteiger partial charge in [0.2, 0.25) is 0 Å². The van der Waals surface area contributed by atoms with Gasteiger partial charge in [0.15, 0.2) is 0 Å². The van der Waals surface area contributed by atoms with Crippen LogP contribution in [0, 0.1) is 11.3 Å². The fraction of sp³-hybridized carbons (Fsp3) is 0.0625. The summed E-state index contributed by atoms with van der Waals surface area (Å²) in [6, 6.07) is 13.7. The minimum atomic E-state index is 0.624. The van der Waals surface area contributed by atoms with Crippen LogP contribution in [0.2, 0.25) is 0 Å². The number of rotatable bonds is 4. The maximum Gasteiger partial charge on any atom is 0.136 e. The highest BCUT2D eigenvalue weighted by Gasteiger charge is 2.14. The summed E-state index contributed by atoms with van der Waals surface area (Å²) in [5.74, 6) is 0.764. The van der Waals surface area contributed by atoms with Crippen LogP contribution in [-0.4, -0.2) is 7.05 Å². The molecule has 0 fully saturated rings. The van der Waals surface area contributed by atoms with Crippen LogP contribution in [0.15, 0.2) is 62.7 Å². The highest BCUT2D eigenvalue weighted by molar-refractivity contribution is 8.00. The highest BCUT2D eigenvalue weighted by Crippen LogP contribution is 2.36. The third-order valence-corrected chi connectivity index (χ3v) is 4.76. The number of furan rings is 1. The molecule has 3 rings (SSSR count). The molecule has 0 radical (unpaired) electrons. The molecular formula is C16H12N2OS2. The number of anilines is 1. The molecule has 0 atom stereocenters. The Morgan fingerprint density at radius 3 is 2.86 bits per heavy atom. The lowest BCUT2D eigenvalue weighted by molar-refractivity contribution is 0.582. The molecule has 3 aromatic rings. The quantitative estimate of drug-likeness (QED) is 0.634. The van der Waals surface area contributed by atoms with Crippen LogP contribution >= 0.6 is 23.3 Å². The smallest absolute Gasteiger partial charge is 0.136 e. The van der Waals surface area contributed by atoms with Crippen LogP contribution < -0.4 is 4.31 Å². The van der Waals surface area contributed by atoms with Gasteiger partial charge in [0.05, 0.1) is 23.6 Å². The van der Waals surface area contributed by atoms with E-state index < -0.39 is 0 Å². The van der Waals surface area contributed by atoms with Crippen molar-refractivity contribution in [2.45, 2.75) is 4.90 Å². The molecule has 2 aromatic heterocycles. The van der Waals surface area contributed by atoms with Crippen LogP contribution in [0.25, 0.3) is 11.3 Å². The molecule has 0 spiro atoms. The molecule has 0 aliphatic heterocycles. The number of benzene rings is 1. The Morgan fingerprint density at radius 2 is 2.19 bits per heavy atom. The molecule has 0 aliphatic rings. The van der Waals surface area contributed by atoms with Crippen molar-refractivity contribution in [2.24, 2.45) is 0 Å². The van der Waals surface area contributed by atoms with Crippen LogP contribution in [0.5, 0.6) is 0 Å². The molecule has 104 valence electrons. The van der Waals surface area contributed by atoms with E-state index in [0.29, 0.717) is 5.56 Å². The van der Waals surface area contributed by atoms with Gasteiger partial charge in [-0.3, -0.25) is 0 Å². The Morgan fingerprint density at radius 1 is 1.29 bits per heavy atom. The van der Waals surface area contributed by atoms with Crippen LogP contribution in [0.3, 0.4) is 0 Å². The van der Waals surface area contributed by atoms with Gasteiger partial charge in [-0.05, 0) is 53.7 Å². The van der Waals surface area contributed by atoms with Crippen molar-refractivity contribution in [3.63, 3.8) is 0 Å². The van der Waals surface area contributed by atoms with E-state index in [2.05, 4.69) is 27.2 Å². The first kappa shape index (κ1) is 13.8. The van der Waals surface area contributed by atoms with Gasteiger partial charge in [-0.25, -0.2) is 0 Å². The summed E-state index contributed by atoms with van der Waals surface area (Å²) in [6.07, 6.45) is 1.64. The Bertz CT molecular complexity index is 758. The number of thiophene rings is 1. The average Bonchev–Trinajstić information content (AvgIpc) is 3.19. The van der Waals surface area contributed by atoms with E-state index in [0.717, 1.165) is 17.0 Å². The van der Waals surface area contributed by atoms with Crippen LogP contribution in [-0.2, 0) is 0 Å². The molecule has 0 unspecified atom stereocenters. The molecular weight excluding hydrogens is 300 g/mol. The number of nitriles is 1. The van der Waals surface area contributed by atoms with E-state index in [1.165, 1.54) is 4.90 Å². The summed E-state index contributed by atoms with van der Waals surface area (Å²) in [7, 11) is 2.01. The van der Waals surface area contributed by atoms with Crippen molar-refractivity contribution in [1.82, 2.24) is 0 Å². The van der Waals surface area contributed by atoms with E-state index in [9.17, 15) is 0 Å². The van der Waals surface area contributed by atoms with Crippen molar-refractivity contribution in [3.8, 4) is 17.4 Å². The molecule has 0 amide bonds. The molecule has 21 heavy (non-hydrogen) atoms. The van der Waals surface area contributed by atoms with Crippen molar-refractivity contribution in [2.75, 3.05) is 11.4 Å². The maximum absolute atomic E-state index is 9.10. The molecule has 0 saturated carbocycles. The fourth-order valence-electron chi connectivity index (χ4n) is 2.02. The largest absolute Gasteiger partial charge is 0.464 e. The molecule has 0 aliphatic carbocycles.